The Labute approximate surface area is 192 Å². The molecule has 4 rings (SSSR count). The van der Waals surface area contributed by atoms with E-state index in [2.05, 4.69) is 15.5 Å². The topological polar surface area (TPSA) is 135 Å². The number of thioether (sulfide) groups is 1. The largest absolute Gasteiger partial charge is 0.477 e. The first kappa shape index (κ1) is 22.9. The number of hydrogen-bond donors (Lipinski definition) is 3. The molecule has 0 spiro atoms. The minimum atomic E-state index is -1.10. The number of carbonyl (C=O) groups is 3. The Hall–Kier alpha value is -2.24. The first-order valence-electron chi connectivity index (χ1n) is 10.8. The van der Waals surface area contributed by atoms with Crippen LogP contribution in [0.25, 0.3) is 0 Å². The minimum absolute atomic E-state index is 0. The van der Waals surface area contributed by atoms with Gasteiger partial charge in [0.15, 0.2) is 0 Å². The number of amides is 2. The van der Waals surface area contributed by atoms with Crippen LogP contribution in [0.5, 0.6) is 0 Å². The molecule has 2 unspecified atom stereocenters. The highest BCUT2D eigenvalue weighted by Gasteiger charge is 2.61. The predicted molar refractivity (Wildman–Crippen MR) is 120 cm³/mol. The van der Waals surface area contributed by atoms with E-state index < -0.39 is 5.97 Å². The zero-order chi connectivity index (χ0) is 23.3. The number of nitrogens with zero attached hydrogens (tertiary/aromatic N) is 4. The minimum Gasteiger partial charge on any atom is -0.477 e. The van der Waals surface area contributed by atoms with E-state index in [1.165, 1.54) is 16.7 Å². The molecule has 7 atom stereocenters. The molecule has 0 aliphatic carbocycles. The third kappa shape index (κ3) is 3.65. The summed E-state index contributed by atoms with van der Waals surface area (Å²) in [6, 6.07) is -0.816. The van der Waals surface area contributed by atoms with Crippen LogP contribution in [0.3, 0.4) is 0 Å². The number of aliphatic carboxylic acids is 1. The van der Waals surface area contributed by atoms with Gasteiger partial charge in [-0.3, -0.25) is 9.59 Å². The van der Waals surface area contributed by atoms with Crippen LogP contribution in [-0.2, 0) is 14.4 Å². The second-order valence-electron chi connectivity index (χ2n) is 9.08. The monoisotopic (exact) mass is 465 g/mol. The second-order valence-corrected chi connectivity index (χ2v) is 10.4. The van der Waals surface area contributed by atoms with Crippen molar-refractivity contribution in [2.24, 2.45) is 28.0 Å². The molecule has 0 saturated carbocycles. The van der Waals surface area contributed by atoms with Crippen LogP contribution in [0.1, 0.15) is 21.7 Å². The van der Waals surface area contributed by atoms with E-state index in [9.17, 15) is 24.6 Å². The molecule has 4 heterocycles. The number of rotatable bonds is 7. The van der Waals surface area contributed by atoms with Gasteiger partial charge in [-0.2, -0.15) is 10.2 Å². The second kappa shape index (κ2) is 8.60. The summed E-state index contributed by atoms with van der Waals surface area (Å²) >= 11 is 1.48. The molecule has 2 fully saturated rings. The summed E-state index contributed by atoms with van der Waals surface area (Å²) in [7, 11) is 3.43. The van der Waals surface area contributed by atoms with Crippen molar-refractivity contribution in [3.63, 3.8) is 0 Å². The highest BCUT2D eigenvalue weighted by molar-refractivity contribution is 8.03. The maximum absolute atomic E-state index is 13.1. The van der Waals surface area contributed by atoms with Crippen molar-refractivity contribution in [1.82, 2.24) is 15.1 Å². The Morgan fingerprint density at radius 1 is 1.44 bits per heavy atom. The molecule has 0 bridgehead atoms. The molecular formula is C21H31N5O5S. The Morgan fingerprint density at radius 2 is 2.16 bits per heavy atom. The van der Waals surface area contributed by atoms with Gasteiger partial charge in [0.2, 0.25) is 11.8 Å². The molecule has 10 nitrogen and oxygen atoms in total. The highest BCUT2D eigenvalue weighted by atomic mass is 32.2. The number of β-lactam (4-membered cyclic amide) rings is 1. The number of carboxylic acids is 1. The summed E-state index contributed by atoms with van der Waals surface area (Å²) in [6.07, 6.45) is 2.38. The standard InChI is InChI=1S/C21H29N5O5S.H2/c1-9(13-5-11(8-27)23-24-13)15-16-10(2)18(17(21(30)31)26(16)20(15)29)32-12-6-14(22-7-12)19(28)25(3)4;/h5,9-10,12-16,22,27H,6-8H2,1-4H3,(H,30,31);1H/t9-,10+,12-,13?,14-,15+,16?;/m0./s1. The van der Waals surface area contributed by atoms with Crippen molar-refractivity contribution in [3.8, 4) is 0 Å². The zero-order valence-electron chi connectivity index (χ0n) is 18.6. The van der Waals surface area contributed by atoms with Crippen LogP contribution < -0.4 is 5.32 Å². The maximum Gasteiger partial charge on any atom is 0.353 e. The van der Waals surface area contributed by atoms with Gasteiger partial charge >= 0.3 is 5.97 Å². The van der Waals surface area contributed by atoms with Crippen LogP contribution in [0.15, 0.2) is 32.6 Å². The molecule has 4 aliphatic heterocycles. The Morgan fingerprint density at radius 3 is 2.75 bits per heavy atom. The summed E-state index contributed by atoms with van der Waals surface area (Å²) in [5.74, 6) is -1.94. The molecule has 0 aromatic carbocycles. The average molecular weight is 466 g/mol. The van der Waals surface area contributed by atoms with Crippen LogP contribution in [0.2, 0.25) is 0 Å². The van der Waals surface area contributed by atoms with Crippen molar-refractivity contribution in [3.05, 3.63) is 22.4 Å². The van der Waals surface area contributed by atoms with E-state index in [-0.39, 0.29) is 66.7 Å². The molecule has 4 aliphatic rings. The van der Waals surface area contributed by atoms with E-state index in [0.717, 1.165) is 0 Å². The van der Waals surface area contributed by atoms with Crippen LogP contribution in [-0.4, -0.2) is 88.4 Å². The van der Waals surface area contributed by atoms with Crippen molar-refractivity contribution in [2.45, 2.75) is 43.6 Å². The van der Waals surface area contributed by atoms with Gasteiger partial charge in [0.1, 0.15) is 5.70 Å². The number of azo groups is 1. The van der Waals surface area contributed by atoms with Crippen LogP contribution in [0.4, 0.5) is 0 Å². The number of fused-ring (bicyclic) bond motifs is 1. The highest BCUT2D eigenvalue weighted by Crippen LogP contribution is 2.53. The molecular weight excluding hydrogens is 434 g/mol. The predicted octanol–water partition coefficient (Wildman–Crippen LogP) is 0.904. The normalized spacial score (nSPS) is 34.5. The van der Waals surface area contributed by atoms with Gasteiger partial charge in [0.25, 0.3) is 0 Å². The van der Waals surface area contributed by atoms with E-state index in [0.29, 0.717) is 23.6 Å². The van der Waals surface area contributed by atoms with Crippen LogP contribution in [0, 0.1) is 17.8 Å². The number of aliphatic hydroxyl groups is 1. The first-order valence-corrected chi connectivity index (χ1v) is 11.7. The van der Waals surface area contributed by atoms with E-state index >= 15 is 0 Å². The fraction of sp³-hybridized carbons (Fsp3) is 0.667. The molecule has 176 valence electrons. The quantitative estimate of drug-likeness (QED) is 0.476. The number of likely N-dealkylation sites (N-methyl/N-ethyl adjacent to an activating group) is 1. The molecule has 0 radical (unpaired) electrons. The van der Waals surface area contributed by atoms with E-state index in [1.807, 2.05) is 13.8 Å². The van der Waals surface area contributed by atoms with Gasteiger partial charge < -0.3 is 25.3 Å². The lowest BCUT2D eigenvalue weighted by atomic mass is 9.72. The lowest BCUT2D eigenvalue weighted by Crippen LogP contribution is -2.63. The molecule has 0 aromatic heterocycles. The van der Waals surface area contributed by atoms with Gasteiger partial charge in [-0.25, -0.2) is 4.79 Å². The first-order chi connectivity index (χ1) is 15.1. The Bertz CT molecular complexity index is 938. The van der Waals surface area contributed by atoms with Gasteiger partial charge in [0.05, 0.1) is 36.3 Å². The molecule has 2 saturated heterocycles. The summed E-state index contributed by atoms with van der Waals surface area (Å²) in [4.78, 5) is 41.2. The van der Waals surface area contributed by atoms with Gasteiger partial charge in [-0.15, -0.1) is 11.8 Å². The number of hydrogen-bond acceptors (Lipinski definition) is 8. The Kier molecular flexibility index (Phi) is 6.17. The van der Waals surface area contributed by atoms with Gasteiger partial charge in [-0.05, 0) is 18.4 Å². The Balaban J connectivity index is 0.00000306. The molecule has 3 N–H and O–H groups in total. The number of carbonyl (C=O) groups excluding carboxylic acids is 2. The van der Waals surface area contributed by atoms with Crippen LogP contribution >= 0.6 is 11.8 Å². The fourth-order valence-corrected chi connectivity index (χ4v) is 6.63. The molecule has 2 amide bonds. The third-order valence-corrected chi connectivity index (χ3v) is 8.38. The maximum atomic E-state index is 13.1. The molecule has 11 heteroatoms. The van der Waals surface area contributed by atoms with Gasteiger partial charge in [-0.1, -0.05) is 13.8 Å². The van der Waals surface area contributed by atoms with Crippen molar-refractivity contribution < 1.29 is 26.0 Å². The van der Waals surface area contributed by atoms with Gasteiger partial charge in [0, 0.05) is 38.1 Å². The number of carboxylic acid groups (broad SMARTS) is 1. The van der Waals surface area contributed by atoms with E-state index in [4.69, 9.17) is 0 Å². The fourth-order valence-electron chi connectivity index (χ4n) is 5.15. The third-order valence-electron chi connectivity index (χ3n) is 6.86. The van der Waals surface area contributed by atoms with E-state index in [1.54, 1.807) is 25.1 Å². The summed E-state index contributed by atoms with van der Waals surface area (Å²) in [6.45, 7) is 4.30. The van der Waals surface area contributed by atoms with Crippen molar-refractivity contribution >= 4 is 29.5 Å². The van der Waals surface area contributed by atoms with Crippen molar-refractivity contribution in [2.75, 3.05) is 27.2 Å². The lowest BCUT2D eigenvalue weighted by molar-refractivity contribution is -0.160. The smallest absolute Gasteiger partial charge is 0.353 e. The number of aliphatic hydroxyl groups excluding tert-OH is 1. The zero-order valence-corrected chi connectivity index (χ0v) is 19.4. The lowest BCUT2D eigenvalue weighted by Gasteiger charge is -2.48. The number of nitrogens with one attached hydrogen (secondary N) is 1. The summed E-state index contributed by atoms with van der Waals surface area (Å²) in [5, 5.41) is 30.6. The average Bonchev–Trinajstić information content (AvgIpc) is 3.46. The summed E-state index contributed by atoms with van der Waals surface area (Å²) < 4.78 is 0. The molecule has 0 aromatic rings. The SMILES string of the molecule is C[C@H]1C(S[C@@H]2CN[C@H](C(=O)N(C)C)C2)=C(C(=O)O)N2C(=O)[C@H]([C@@H](C)C3C=C(CO)N=N3)C12.[HH]. The molecule has 32 heavy (non-hydrogen) atoms. The summed E-state index contributed by atoms with van der Waals surface area (Å²) in [5.41, 5.74) is 0.559. The van der Waals surface area contributed by atoms with Crippen molar-refractivity contribution in [1.29, 1.82) is 0 Å².